The van der Waals surface area contributed by atoms with Crippen molar-refractivity contribution >= 4 is 44.2 Å². The summed E-state index contributed by atoms with van der Waals surface area (Å²) in [4.78, 5) is 12.9. The zero-order chi connectivity index (χ0) is 18.4. The maximum Gasteiger partial charge on any atom is 0.186 e. The SMILES string of the molecule is O=C(/C=C/c1ccc(O)cc1)c1ccc2ccc3cccc4ccc1c2c34. The number of phenols is 1. The molecular weight excluding hydrogens is 332 g/mol. The molecule has 0 aliphatic carbocycles. The summed E-state index contributed by atoms with van der Waals surface area (Å²) in [6, 6.07) is 25.4. The molecule has 5 aromatic carbocycles. The fourth-order valence-corrected chi connectivity index (χ4v) is 3.80. The Hall–Kier alpha value is -3.65. The lowest BCUT2D eigenvalue weighted by atomic mass is 9.91. The van der Waals surface area contributed by atoms with Crippen LogP contribution in [0.5, 0.6) is 5.75 Å². The molecule has 0 aromatic heterocycles. The average molecular weight is 348 g/mol. The number of carbonyl (C=O) groups is 1. The maximum atomic E-state index is 12.9. The molecule has 128 valence electrons. The number of rotatable bonds is 3. The Balaban J connectivity index is 1.66. The zero-order valence-electron chi connectivity index (χ0n) is 14.5. The third-order valence-corrected chi connectivity index (χ3v) is 5.11. The molecule has 0 heterocycles. The van der Waals surface area contributed by atoms with Crippen LogP contribution in [0.3, 0.4) is 0 Å². The van der Waals surface area contributed by atoms with E-state index in [1.807, 2.05) is 18.2 Å². The predicted octanol–water partition coefficient (Wildman–Crippen LogP) is 6.19. The molecule has 0 fully saturated rings. The van der Waals surface area contributed by atoms with E-state index in [2.05, 4.69) is 36.4 Å². The molecule has 1 N–H and O–H groups in total. The lowest BCUT2D eigenvalue weighted by Gasteiger charge is -2.12. The molecule has 0 bridgehead atoms. The second kappa shape index (κ2) is 5.96. The van der Waals surface area contributed by atoms with Crippen LogP contribution < -0.4 is 0 Å². The first kappa shape index (κ1) is 15.6. The molecule has 0 spiro atoms. The number of hydrogen-bond acceptors (Lipinski definition) is 2. The second-order valence-corrected chi connectivity index (χ2v) is 6.76. The normalized spacial score (nSPS) is 11.9. The van der Waals surface area contributed by atoms with Gasteiger partial charge >= 0.3 is 0 Å². The number of hydrogen-bond donors (Lipinski definition) is 1. The van der Waals surface area contributed by atoms with E-state index in [-0.39, 0.29) is 11.5 Å². The molecule has 0 saturated heterocycles. The topological polar surface area (TPSA) is 37.3 Å². The number of ketones is 1. The van der Waals surface area contributed by atoms with E-state index in [0.29, 0.717) is 5.56 Å². The van der Waals surface area contributed by atoms with Crippen LogP contribution in [0, 0.1) is 0 Å². The van der Waals surface area contributed by atoms with E-state index < -0.39 is 0 Å². The van der Waals surface area contributed by atoms with Crippen molar-refractivity contribution < 1.29 is 9.90 Å². The monoisotopic (exact) mass is 348 g/mol. The molecule has 0 aliphatic rings. The van der Waals surface area contributed by atoms with Gasteiger partial charge in [0.15, 0.2) is 5.78 Å². The predicted molar refractivity (Wildman–Crippen MR) is 112 cm³/mol. The van der Waals surface area contributed by atoms with Gasteiger partial charge in [0, 0.05) is 5.56 Å². The third-order valence-electron chi connectivity index (χ3n) is 5.11. The first-order valence-electron chi connectivity index (χ1n) is 8.89. The number of phenolic OH excluding ortho intramolecular Hbond substituents is 1. The van der Waals surface area contributed by atoms with Gasteiger partial charge in [-0.25, -0.2) is 0 Å². The van der Waals surface area contributed by atoms with Gasteiger partial charge in [0.05, 0.1) is 0 Å². The van der Waals surface area contributed by atoms with Gasteiger partial charge in [-0.3, -0.25) is 4.79 Å². The average Bonchev–Trinajstić information content (AvgIpc) is 2.71. The van der Waals surface area contributed by atoms with Crippen LogP contribution in [0.25, 0.3) is 38.4 Å². The minimum atomic E-state index is -0.0268. The number of benzene rings is 5. The Labute approximate surface area is 156 Å². The van der Waals surface area contributed by atoms with Gasteiger partial charge in [0.2, 0.25) is 0 Å². The summed E-state index contributed by atoms with van der Waals surface area (Å²) in [7, 11) is 0. The molecular formula is C25H16O2. The summed E-state index contributed by atoms with van der Waals surface area (Å²) in [5, 5.41) is 16.2. The number of aromatic hydroxyl groups is 1. The van der Waals surface area contributed by atoms with Gasteiger partial charge in [0.1, 0.15) is 5.75 Å². The molecule has 5 rings (SSSR count). The Morgan fingerprint density at radius 1 is 0.704 bits per heavy atom. The lowest BCUT2D eigenvalue weighted by molar-refractivity contribution is 0.104. The summed E-state index contributed by atoms with van der Waals surface area (Å²) in [6.45, 7) is 0. The van der Waals surface area contributed by atoms with Gasteiger partial charge in [-0.05, 0) is 62.2 Å². The highest BCUT2D eigenvalue weighted by molar-refractivity contribution is 6.27. The van der Waals surface area contributed by atoms with Crippen LogP contribution in [0.4, 0.5) is 0 Å². The van der Waals surface area contributed by atoms with Crippen molar-refractivity contribution in [3.8, 4) is 5.75 Å². The Kier molecular flexibility index (Phi) is 3.44. The van der Waals surface area contributed by atoms with Crippen molar-refractivity contribution in [2.45, 2.75) is 0 Å². The first-order valence-corrected chi connectivity index (χ1v) is 8.89. The molecule has 0 amide bonds. The van der Waals surface area contributed by atoms with E-state index in [4.69, 9.17) is 0 Å². The summed E-state index contributed by atoms with van der Waals surface area (Å²) in [5.74, 6) is 0.186. The van der Waals surface area contributed by atoms with Crippen molar-refractivity contribution in [2.24, 2.45) is 0 Å². The van der Waals surface area contributed by atoms with Crippen LogP contribution in [-0.4, -0.2) is 10.9 Å². The fraction of sp³-hybridized carbons (Fsp3) is 0. The smallest absolute Gasteiger partial charge is 0.186 e. The van der Waals surface area contributed by atoms with Crippen LogP contribution in [-0.2, 0) is 0 Å². The standard InChI is InChI=1S/C25H16O2/c26-20-11-4-16(5-12-20)6-15-23(27)21-13-9-19-8-7-17-2-1-3-18-10-14-22(21)25(19)24(17)18/h1-15,26H/b15-6+. The van der Waals surface area contributed by atoms with Crippen molar-refractivity contribution in [2.75, 3.05) is 0 Å². The largest absolute Gasteiger partial charge is 0.508 e. The van der Waals surface area contributed by atoms with Gasteiger partial charge in [-0.1, -0.05) is 66.7 Å². The molecule has 0 atom stereocenters. The number of allylic oxidation sites excluding steroid dienone is 1. The molecule has 2 nitrogen and oxygen atoms in total. The summed E-state index contributed by atoms with van der Waals surface area (Å²) < 4.78 is 0. The van der Waals surface area contributed by atoms with Gasteiger partial charge < -0.3 is 5.11 Å². The fourth-order valence-electron chi connectivity index (χ4n) is 3.80. The second-order valence-electron chi connectivity index (χ2n) is 6.76. The summed E-state index contributed by atoms with van der Waals surface area (Å²) in [5.41, 5.74) is 1.58. The van der Waals surface area contributed by atoms with Crippen LogP contribution in [0.15, 0.2) is 84.9 Å². The Morgan fingerprint density at radius 3 is 2.07 bits per heavy atom. The molecule has 0 unspecified atom stereocenters. The van der Waals surface area contributed by atoms with Crippen molar-refractivity contribution in [1.29, 1.82) is 0 Å². The minimum absolute atomic E-state index is 0.0268. The van der Waals surface area contributed by atoms with E-state index in [9.17, 15) is 9.90 Å². The molecule has 0 radical (unpaired) electrons. The molecule has 2 heteroatoms. The molecule has 0 aliphatic heterocycles. The van der Waals surface area contributed by atoms with Crippen molar-refractivity contribution in [3.05, 3.63) is 96.1 Å². The number of carbonyl (C=O) groups excluding carboxylic acids is 1. The zero-order valence-corrected chi connectivity index (χ0v) is 14.5. The van der Waals surface area contributed by atoms with Gasteiger partial charge in [-0.2, -0.15) is 0 Å². The summed E-state index contributed by atoms with van der Waals surface area (Å²) in [6.07, 6.45) is 3.37. The highest BCUT2D eigenvalue weighted by Gasteiger charge is 2.13. The first-order chi connectivity index (χ1) is 13.2. The Bertz CT molecular complexity index is 1310. The highest BCUT2D eigenvalue weighted by atomic mass is 16.3. The molecule has 27 heavy (non-hydrogen) atoms. The Morgan fingerprint density at radius 2 is 1.33 bits per heavy atom. The minimum Gasteiger partial charge on any atom is -0.508 e. The van der Waals surface area contributed by atoms with Gasteiger partial charge in [-0.15, -0.1) is 0 Å². The van der Waals surface area contributed by atoms with E-state index in [0.717, 1.165) is 21.7 Å². The third kappa shape index (κ3) is 2.54. The van der Waals surface area contributed by atoms with Crippen molar-refractivity contribution in [3.63, 3.8) is 0 Å². The van der Waals surface area contributed by atoms with E-state index >= 15 is 0 Å². The summed E-state index contributed by atoms with van der Waals surface area (Å²) >= 11 is 0. The molecule has 5 aromatic rings. The molecule has 0 saturated carbocycles. The van der Waals surface area contributed by atoms with Gasteiger partial charge in [0.25, 0.3) is 0 Å². The highest BCUT2D eigenvalue weighted by Crippen LogP contribution is 2.36. The van der Waals surface area contributed by atoms with E-state index in [1.54, 1.807) is 36.4 Å². The van der Waals surface area contributed by atoms with Crippen LogP contribution in [0.1, 0.15) is 15.9 Å². The maximum absolute atomic E-state index is 12.9. The van der Waals surface area contributed by atoms with E-state index in [1.165, 1.54) is 16.2 Å². The lowest BCUT2D eigenvalue weighted by Crippen LogP contribution is -1.97. The quantitative estimate of drug-likeness (QED) is 0.240. The van der Waals surface area contributed by atoms with Crippen LogP contribution in [0.2, 0.25) is 0 Å². The van der Waals surface area contributed by atoms with Crippen LogP contribution >= 0.6 is 0 Å². The van der Waals surface area contributed by atoms with Crippen molar-refractivity contribution in [1.82, 2.24) is 0 Å².